The van der Waals surface area contributed by atoms with Gasteiger partial charge in [0.1, 0.15) is 16.4 Å². The Balaban J connectivity index is 2.04. The predicted molar refractivity (Wildman–Crippen MR) is 123 cm³/mol. The van der Waals surface area contributed by atoms with Crippen molar-refractivity contribution in [2.24, 2.45) is 0 Å². The lowest BCUT2D eigenvalue weighted by atomic mass is 10.1. The Hall–Kier alpha value is -4.10. The minimum absolute atomic E-state index is 0.0833. The van der Waals surface area contributed by atoms with E-state index in [1.807, 2.05) is 0 Å². The van der Waals surface area contributed by atoms with Crippen molar-refractivity contribution < 1.29 is 24.5 Å². The lowest BCUT2D eigenvalue weighted by Crippen LogP contribution is -2.14. The number of rotatable bonds is 9. The maximum atomic E-state index is 13.2. The van der Waals surface area contributed by atoms with E-state index in [0.717, 1.165) is 6.08 Å². The molecule has 1 heterocycles. The zero-order valence-electron chi connectivity index (χ0n) is 16.4. The number of hydrogen-bond acceptors (Lipinski definition) is 6. The van der Waals surface area contributed by atoms with Gasteiger partial charge in [-0.25, -0.2) is 4.79 Å². The molecule has 0 fully saturated rings. The van der Waals surface area contributed by atoms with E-state index in [2.05, 4.69) is 18.5 Å². The van der Waals surface area contributed by atoms with Crippen LogP contribution in [0.3, 0.4) is 0 Å². The molecule has 0 unspecified atom stereocenters. The first-order chi connectivity index (χ1) is 14.9. The summed E-state index contributed by atoms with van der Waals surface area (Å²) in [5, 5.41) is 22.1. The number of carboxylic acid groups (broad SMARTS) is 1. The second kappa shape index (κ2) is 9.60. The van der Waals surface area contributed by atoms with Crippen LogP contribution in [0.15, 0.2) is 85.7 Å². The number of nitrogens with one attached hydrogen (secondary N) is 1. The minimum atomic E-state index is -1.03. The van der Waals surface area contributed by atoms with E-state index < -0.39 is 5.97 Å². The molecule has 0 atom stereocenters. The SMILES string of the molecule is C=C/C=C(\NC=C)C(=O)c1sc2cc(O)ccc2c1Oc1ccc(/C=C/C(=O)O)cc1. The number of carbonyl (C=O) groups excluding carboxylic acids is 1. The number of phenols is 1. The van der Waals surface area contributed by atoms with Crippen molar-refractivity contribution in [2.75, 3.05) is 0 Å². The summed E-state index contributed by atoms with van der Waals surface area (Å²) < 4.78 is 6.76. The fourth-order valence-electron chi connectivity index (χ4n) is 2.78. The molecule has 0 aliphatic heterocycles. The van der Waals surface area contributed by atoms with Crippen molar-refractivity contribution >= 4 is 39.3 Å². The Morgan fingerprint density at radius 1 is 1.10 bits per heavy atom. The van der Waals surface area contributed by atoms with Gasteiger partial charge < -0.3 is 20.3 Å². The number of fused-ring (bicyclic) bond motifs is 1. The number of carbonyl (C=O) groups is 2. The van der Waals surface area contributed by atoms with Crippen molar-refractivity contribution in [2.45, 2.75) is 0 Å². The van der Waals surface area contributed by atoms with Crippen LogP contribution >= 0.6 is 11.3 Å². The number of carboxylic acids is 1. The summed E-state index contributed by atoms with van der Waals surface area (Å²) in [6.07, 6.45) is 6.95. The lowest BCUT2D eigenvalue weighted by Gasteiger charge is -2.09. The van der Waals surface area contributed by atoms with E-state index in [1.165, 1.54) is 35.8 Å². The number of ether oxygens (including phenoxy) is 1. The average Bonchev–Trinajstić information content (AvgIpc) is 3.09. The summed E-state index contributed by atoms with van der Waals surface area (Å²) in [6.45, 7) is 7.23. The number of aromatic hydroxyl groups is 1. The molecule has 7 heteroatoms. The maximum absolute atomic E-state index is 13.2. The van der Waals surface area contributed by atoms with Gasteiger partial charge in [0.2, 0.25) is 5.78 Å². The zero-order valence-corrected chi connectivity index (χ0v) is 17.2. The number of Topliss-reactive ketones (excluding diaryl/α,β-unsaturated/α-hetero) is 1. The van der Waals surface area contributed by atoms with Crippen LogP contribution in [-0.4, -0.2) is 22.0 Å². The van der Waals surface area contributed by atoms with Crippen LogP contribution in [0, 0.1) is 0 Å². The first kappa shape index (κ1) is 21.6. The molecular weight excluding hydrogens is 414 g/mol. The number of aliphatic carboxylic acids is 1. The van der Waals surface area contributed by atoms with Crippen molar-refractivity contribution in [3.63, 3.8) is 0 Å². The number of phenolic OH excluding ortho intramolecular Hbond substituents is 1. The maximum Gasteiger partial charge on any atom is 0.328 e. The quantitative estimate of drug-likeness (QED) is 0.235. The largest absolute Gasteiger partial charge is 0.508 e. The van der Waals surface area contributed by atoms with E-state index >= 15 is 0 Å². The Bertz CT molecular complexity index is 1220. The van der Waals surface area contributed by atoms with Crippen LogP contribution in [0.1, 0.15) is 15.2 Å². The van der Waals surface area contributed by atoms with E-state index in [-0.39, 0.29) is 17.2 Å². The first-order valence-electron chi connectivity index (χ1n) is 9.12. The highest BCUT2D eigenvalue weighted by Crippen LogP contribution is 2.42. The fourth-order valence-corrected chi connectivity index (χ4v) is 3.90. The topological polar surface area (TPSA) is 95.9 Å². The zero-order chi connectivity index (χ0) is 22.4. The summed E-state index contributed by atoms with van der Waals surface area (Å²) in [7, 11) is 0. The molecule has 0 amide bonds. The van der Waals surface area contributed by atoms with Crippen molar-refractivity contribution in [1.82, 2.24) is 5.32 Å². The van der Waals surface area contributed by atoms with Crippen molar-refractivity contribution in [3.05, 3.63) is 96.2 Å². The second-order valence-corrected chi connectivity index (χ2v) is 7.33. The molecule has 31 heavy (non-hydrogen) atoms. The molecule has 0 spiro atoms. The van der Waals surface area contributed by atoms with Crippen LogP contribution in [0.2, 0.25) is 0 Å². The standard InChI is InChI=1S/C24H19NO5S/c1-3-5-19(25-4-2)22(29)24-23(18-12-9-16(26)14-20(18)31-24)30-17-10-6-15(7-11-17)8-13-21(27)28/h3-14,25-26H,1-2H2,(H,27,28)/b13-8+,19-5-. The van der Waals surface area contributed by atoms with E-state index in [9.17, 15) is 14.7 Å². The van der Waals surface area contributed by atoms with Gasteiger partial charge in [0.15, 0.2) is 5.75 Å². The summed E-state index contributed by atoms with van der Waals surface area (Å²) in [5.41, 5.74) is 0.970. The highest BCUT2D eigenvalue weighted by molar-refractivity contribution is 7.21. The minimum Gasteiger partial charge on any atom is -0.508 e. The second-order valence-electron chi connectivity index (χ2n) is 6.28. The number of hydrogen-bond donors (Lipinski definition) is 3. The molecule has 0 saturated heterocycles. The average molecular weight is 433 g/mol. The van der Waals surface area contributed by atoms with Gasteiger partial charge in [0.25, 0.3) is 0 Å². The predicted octanol–water partition coefficient (Wildman–Crippen LogP) is 5.48. The lowest BCUT2D eigenvalue weighted by molar-refractivity contribution is -0.131. The summed E-state index contributed by atoms with van der Waals surface area (Å²) in [5.74, 6) is -0.427. The third kappa shape index (κ3) is 5.09. The highest BCUT2D eigenvalue weighted by atomic mass is 32.1. The Morgan fingerprint density at radius 3 is 2.48 bits per heavy atom. The number of benzene rings is 2. The van der Waals surface area contributed by atoms with Crippen LogP contribution in [0.25, 0.3) is 16.2 Å². The molecule has 1 aromatic heterocycles. The highest BCUT2D eigenvalue weighted by Gasteiger charge is 2.23. The Kier molecular flexibility index (Phi) is 6.69. The Morgan fingerprint density at radius 2 is 1.84 bits per heavy atom. The third-order valence-electron chi connectivity index (χ3n) is 4.14. The summed E-state index contributed by atoms with van der Waals surface area (Å²) >= 11 is 1.20. The van der Waals surface area contributed by atoms with E-state index in [4.69, 9.17) is 9.84 Å². The van der Waals surface area contributed by atoms with Gasteiger partial charge in [-0.15, -0.1) is 11.3 Å². The van der Waals surface area contributed by atoms with Gasteiger partial charge in [0.05, 0.1) is 5.70 Å². The van der Waals surface area contributed by atoms with Crippen LogP contribution in [-0.2, 0) is 4.79 Å². The monoisotopic (exact) mass is 433 g/mol. The molecule has 156 valence electrons. The molecule has 2 aromatic carbocycles. The van der Waals surface area contributed by atoms with Crippen LogP contribution < -0.4 is 10.1 Å². The van der Waals surface area contributed by atoms with Gasteiger partial charge in [-0.1, -0.05) is 31.4 Å². The summed E-state index contributed by atoms with van der Waals surface area (Å²) in [4.78, 5) is 24.2. The molecule has 0 aliphatic carbocycles. The van der Waals surface area contributed by atoms with Gasteiger partial charge in [-0.05, 0) is 54.2 Å². The van der Waals surface area contributed by atoms with Crippen LogP contribution in [0.4, 0.5) is 0 Å². The van der Waals surface area contributed by atoms with Gasteiger partial charge >= 0.3 is 5.97 Å². The van der Waals surface area contributed by atoms with Crippen molar-refractivity contribution in [3.8, 4) is 17.2 Å². The van der Waals surface area contributed by atoms with E-state index in [1.54, 1.807) is 42.5 Å². The first-order valence-corrected chi connectivity index (χ1v) is 9.94. The van der Waals surface area contributed by atoms with E-state index in [0.29, 0.717) is 32.0 Å². The smallest absolute Gasteiger partial charge is 0.328 e. The number of thiophene rings is 1. The molecular formula is C24H19NO5S. The Labute approximate surface area is 182 Å². The third-order valence-corrected chi connectivity index (χ3v) is 5.27. The number of allylic oxidation sites excluding steroid dienone is 3. The van der Waals surface area contributed by atoms with Crippen LogP contribution in [0.5, 0.6) is 17.2 Å². The molecule has 0 saturated carbocycles. The number of ketones is 1. The fraction of sp³-hybridized carbons (Fsp3) is 0. The normalized spacial score (nSPS) is 11.4. The molecule has 3 aromatic rings. The molecule has 6 nitrogen and oxygen atoms in total. The molecule has 3 N–H and O–H groups in total. The molecule has 3 rings (SSSR count). The van der Waals surface area contributed by atoms with Crippen molar-refractivity contribution in [1.29, 1.82) is 0 Å². The molecule has 0 radical (unpaired) electrons. The molecule has 0 bridgehead atoms. The van der Waals surface area contributed by atoms with Gasteiger partial charge in [0, 0.05) is 16.2 Å². The van der Waals surface area contributed by atoms with Gasteiger partial charge in [-0.2, -0.15) is 0 Å². The molecule has 0 aliphatic rings. The summed E-state index contributed by atoms with van der Waals surface area (Å²) in [6, 6.07) is 11.6. The van der Waals surface area contributed by atoms with Gasteiger partial charge in [-0.3, -0.25) is 4.79 Å².